The lowest BCUT2D eigenvalue weighted by molar-refractivity contribution is -0.121. The lowest BCUT2D eigenvalue weighted by atomic mass is 10.1. The average Bonchev–Trinajstić information content (AvgIpc) is 2.93. The highest BCUT2D eigenvalue weighted by atomic mass is 19.1. The van der Waals surface area contributed by atoms with Gasteiger partial charge in [0.15, 0.2) is 17.4 Å². The van der Waals surface area contributed by atoms with Gasteiger partial charge in [-0.3, -0.25) is 9.69 Å². The van der Waals surface area contributed by atoms with Gasteiger partial charge in [-0.25, -0.2) is 4.39 Å². The molecule has 1 aromatic heterocycles. The number of ether oxygens (including phenoxy) is 1. The maximum atomic E-state index is 13.8. The molecule has 1 atom stereocenters. The molecular weight excluding hydrogens is 313 g/mol. The van der Waals surface area contributed by atoms with Crippen LogP contribution in [0.4, 0.5) is 10.2 Å². The van der Waals surface area contributed by atoms with Crippen LogP contribution in [0, 0.1) is 12.7 Å². The minimum atomic E-state index is -0.418. The fourth-order valence-electron chi connectivity index (χ4n) is 2.54. The summed E-state index contributed by atoms with van der Waals surface area (Å²) >= 11 is 0. The molecule has 1 amide bonds. The van der Waals surface area contributed by atoms with Crippen LogP contribution in [0.1, 0.15) is 24.7 Å². The number of amides is 1. The molecule has 0 aliphatic heterocycles. The lowest BCUT2D eigenvalue weighted by Crippen LogP contribution is -2.41. The van der Waals surface area contributed by atoms with Gasteiger partial charge in [-0.05, 0) is 38.1 Å². The van der Waals surface area contributed by atoms with Gasteiger partial charge in [0.2, 0.25) is 5.91 Å². The maximum absolute atomic E-state index is 13.8. The molecule has 0 aliphatic rings. The van der Waals surface area contributed by atoms with E-state index in [1.54, 1.807) is 25.1 Å². The van der Waals surface area contributed by atoms with Crippen LogP contribution in [0.2, 0.25) is 0 Å². The van der Waals surface area contributed by atoms with E-state index in [1.165, 1.54) is 13.2 Å². The van der Waals surface area contributed by atoms with E-state index in [0.29, 0.717) is 24.5 Å². The number of hydrogen-bond donors (Lipinski definition) is 1. The molecule has 0 bridgehead atoms. The van der Waals surface area contributed by atoms with Crippen LogP contribution in [0.25, 0.3) is 0 Å². The highest BCUT2D eigenvalue weighted by Gasteiger charge is 2.22. The van der Waals surface area contributed by atoms with Crippen molar-refractivity contribution in [3.8, 4) is 5.75 Å². The van der Waals surface area contributed by atoms with Crippen LogP contribution >= 0.6 is 0 Å². The summed E-state index contributed by atoms with van der Waals surface area (Å²) in [5.74, 6) is 0.620. The molecule has 24 heavy (non-hydrogen) atoms. The van der Waals surface area contributed by atoms with E-state index in [0.717, 1.165) is 5.56 Å². The second kappa shape index (κ2) is 7.92. The van der Waals surface area contributed by atoms with E-state index < -0.39 is 5.82 Å². The third kappa shape index (κ3) is 4.32. The molecule has 1 unspecified atom stereocenters. The number of aryl methyl sites for hydroxylation is 1. The minimum absolute atomic E-state index is 0.178. The molecule has 2 rings (SSSR count). The Morgan fingerprint density at radius 1 is 1.46 bits per heavy atom. The molecule has 0 saturated heterocycles. The van der Waals surface area contributed by atoms with Crippen molar-refractivity contribution >= 4 is 11.7 Å². The first kappa shape index (κ1) is 17.9. The molecule has 0 fully saturated rings. The summed E-state index contributed by atoms with van der Waals surface area (Å²) in [4.78, 5) is 14.3. The quantitative estimate of drug-likeness (QED) is 0.842. The molecule has 1 N–H and O–H groups in total. The molecule has 7 heteroatoms. The number of halogens is 1. The highest BCUT2D eigenvalue weighted by Crippen LogP contribution is 2.19. The third-order valence-electron chi connectivity index (χ3n) is 3.75. The Morgan fingerprint density at radius 2 is 2.21 bits per heavy atom. The molecule has 2 aromatic rings. The van der Waals surface area contributed by atoms with E-state index >= 15 is 0 Å². The normalized spacial score (nSPS) is 12.2. The summed E-state index contributed by atoms with van der Waals surface area (Å²) in [5, 5.41) is 6.49. The zero-order chi connectivity index (χ0) is 17.7. The summed E-state index contributed by atoms with van der Waals surface area (Å²) in [7, 11) is 3.25. The van der Waals surface area contributed by atoms with Gasteiger partial charge in [-0.15, -0.1) is 0 Å². The van der Waals surface area contributed by atoms with Crippen LogP contribution in [-0.2, 0) is 11.3 Å². The van der Waals surface area contributed by atoms with Gasteiger partial charge in [0, 0.05) is 12.6 Å². The summed E-state index contributed by atoms with van der Waals surface area (Å²) in [6.45, 7) is 4.11. The van der Waals surface area contributed by atoms with E-state index in [4.69, 9.17) is 9.26 Å². The first-order valence-electron chi connectivity index (χ1n) is 7.71. The number of carbonyl (C=O) groups is 1. The number of nitrogens with zero attached hydrogens (tertiary/aromatic N) is 2. The first-order valence-corrected chi connectivity index (χ1v) is 7.71. The largest absolute Gasteiger partial charge is 0.494 e. The van der Waals surface area contributed by atoms with Gasteiger partial charge in [0.05, 0.1) is 13.2 Å². The molecule has 6 nitrogen and oxygen atoms in total. The SMILES string of the molecule is CCC(C(=O)Nc1cc(C)on1)N(C)Cc1ccc(OC)c(F)c1. The van der Waals surface area contributed by atoms with Crippen molar-refractivity contribution in [3.63, 3.8) is 0 Å². The monoisotopic (exact) mass is 335 g/mol. The van der Waals surface area contributed by atoms with E-state index in [-0.39, 0.29) is 17.7 Å². The number of carbonyl (C=O) groups excluding carboxylic acids is 1. The van der Waals surface area contributed by atoms with Crippen LogP contribution in [-0.4, -0.2) is 36.2 Å². The van der Waals surface area contributed by atoms with E-state index in [9.17, 15) is 9.18 Å². The van der Waals surface area contributed by atoms with Crippen LogP contribution in [0.5, 0.6) is 5.75 Å². The Balaban J connectivity index is 2.03. The number of methoxy groups -OCH3 is 1. The van der Waals surface area contributed by atoms with Crippen LogP contribution in [0.3, 0.4) is 0 Å². The Labute approximate surface area is 140 Å². The zero-order valence-corrected chi connectivity index (χ0v) is 14.3. The smallest absolute Gasteiger partial charge is 0.242 e. The molecule has 0 saturated carbocycles. The Morgan fingerprint density at radius 3 is 2.75 bits per heavy atom. The van der Waals surface area contributed by atoms with Crippen molar-refractivity contribution in [2.75, 3.05) is 19.5 Å². The molecular formula is C17H22FN3O3. The van der Waals surface area contributed by atoms with Gasteiger partial charge < -0.3 is 14.6 Å². The Bertz CT molecular complexity index is 702. The van der Waals surface area contributed by atoms with Gasteiger partial charge in [-0.1, -0.05) is 18.1 Å². The number of aromatic nitrogens is 1. The molecule has 1 heterocycles. The summed E-state index contributed by atoms with van der Waals surface area (Å²) in [6.07, 6.45) is 0.609. The van der Waals surface area contributed by atoms with Crippen molar-refractivity contribution in [3.05, 3.63) is 41.4 Å². The van der Waals surface area contributed by atoms with Crippen LogP contribution in [0.15, 0.2) is 28.8 Å². The molecule has 0 aliphatic carbocycles. The van der Waals surface area contributed by atoms with Gasteiger partial charge in [0.1, 0.15) is 5.76 Å². The summed E-state index contributed by atoms with van der Waals surface area (Å²) in [5.41, 5.74) is 0.763. The molecule has 0 radical (unpaired) electrons. The molecule has 0 spiro atoms. The first-order chi connectivity index (χ1) is 11.4. The predicted molar refractivity (Wildman–Crippen MR) is 88.4 cm³/mol. The number of rotatable bonds is 7. The number of anilines is 1. The number of benzene rings is 1. The topological polar surface area (TPSA) is 67.6 Å². The van der Waals surface area contributed by atoms with Gasteiger partial charge >= 0.3 is 0 Å². The third-order valence-corrected chi connectivity index (χ3v) is 3.75. The number of likely N-dealkylation sites (N-methyl/N-ethyl adjacent to an activating group) is 1. The number of hydrogen-bond acceptors (Lipinski definition) is 5. The molecule has 1 aromatic carbocycles. The zero-order valence-electron chi connectivity index (χ0n) is 14.3. The van der Waals surface area contributed by atoms with Crippen molar-refractivity contribution < 1.29 is 18.4 Å². The second-order valence-corrected chi connectivity index (χ2v) is 5.62. The fraction of sp³-hybridized carbons (Fsp3) is 0.412. The summed E-state index contributed by atoms with van der Waals surface area (Å²) < 4.78 is 23.6. The van der Waals surface area contributed by atoms with Crippen molar-refractivity contribution in [2.24, 2.45) is 0 Å². The van der Waals surface area contributed by atoms with Crippen molar-refractivity contribution in [2.45, 2.75) is 32.9 Å². The highest BCUT2D eigenvalue weighted by molar-refractivity contribution is 5.93. The number of nitrogens with one attached hydrogen (secondary N) is 1. The maximum Gasteiger partial charge on any atom is 0.242 e. The van der Waals surface area contributed by atoms with Gasteiger partial charge in [-0.2, -0.15) is 0 Å². The van der Waals surface area contributed by atoms with E-state index in [1.807, 2.05) is 18.9 Å². The van der Waals surface area contributed by atoms with Crippen molar-refractivity contribution in [1.82, 2.24) is 10.1 Å². The van der Waals surface area contributed by atoms with Gasteiger partial charge in [0.25, 0.3) is 0 Å². The Hall–Kier alpha value is -2.41. The lowest BCUT2D eigenvalue weighted by Gasteiger charge is -2.26. The summed E-state index contributed by atoms with van der Waals surface area (Å²) in [6, 6.07) is 6.07. The van der Waals surface area contributed by atoms with E-state index in [2.05, 4.69) is 10.5 Å². The second-order valence-electron chi connectivity index (χ2n) is 5.62. The van der Waals surface area contributed by atoms with Crippen molar-refractivity contribution in [1.29, 1.82) is 0 Å². The fourth-order valence-corrected chi connectivity index (χ4v) is 2.54. The standard InChI is InChI=1S/C17H22FN3O3/c1-5-14(17(22)19-16-8-11(2)24-20-16)21(3)10-12-6-7-15(23-4)13(18)9-12/h6-9,14H,5,10H2,1-4H3,(H,19,20,22). The van der Waals surface area contributed by atoms with Crippen LogP contribution < -0.4 is 10.1 Å². The minimum Gasteiger partial charge on any atom is -0.494 e. The average molecular weight is 335 g/mol. The Kier molecular flexibility index (Phi) is 5.92. The predicted octanol–water partition coefficient (Wildman–Crippen LogP) is 2.98. The molecule has 130 valence electrons.